The summed E-state index contributed by atoms with van der Waals surface area (Å²) in [5, 5.41) is 5.03. The first-order valence-corrected chi connectivity index (χ1v) is 10.0. The second-order valence-electron chi connectivity index (χ2n) is 7.14. The highest BCUT2D eigenvalue weighted by atomic mass is 32.2. The predicted octanol–water partition coefficient (Wildman–Crippen LogP) is 3.88. The van der Waals surface area contributed by atoms with Crippen LogP contribution in [0.25, 0.3) is 0 Å². The third kappa shape index (κ3) is 3.86. The highest BCUT2D eigenvalue weighted by Crippen LogP contribution is 2.42. The molecule has 6 heteroatoms. The number of halogens is 1. The molecule has 2 heterocycles. The molecule has 25 heavy (non-hydrogen) atoms. The third-order valence-electron chi connectivity index (χ3n) is 5.51. The second kappa shape index (κ2) is 7.25. The topological polar surface area (TPSA) is 42.9 Å². The maximum Gasteiger partial charge on any atom is 0.168 e. The number of rotatable bonds is 3. The minimum atomic E-state index is -0.277. The molecular weight excluding hydrogens is 339 g/mol. The number of benzene rings is 1. The van der Waals surface area contributed by atoms with Crippen molar-refractivity contribution in [1.82, 2.24) is 5.32 Å². The van der Waals surface area contributed by atoms with Gasteiger partial charge in [-0.3, -0.25) is 4.99 Å². The summed E-state index contributed by atoms with van der Waals surface area (Å²) in [6.45, 7) is 4.50. The lowest BCUT2D eigenvalue weighted by atomic mass is 9.83. The molecule has 0 amide bonds. The lowest BCUT2D eigenvalue weighted by molar-refractivity contribution is -0.182. The highest BCUT2D eigenvalue weighted by Gasteiger charge is 2.43. The van der Waals surface area contributed by atoms with Crippen molar-refractivity contribution < 1.29 is 13.9 Å². The van der Waals surface area contributed by atoms with Gasteiger partial charge in [0.1, 0.15) is 5.82 Å². The number of nitrogens with zero attached hydrogens (tertiary/aromatic N) is 1. The molecule has 2 aliphatic heterocycles. The second-order valence-corrected chi connectivity index (χ2v) is 8.37. The van der Waals surface area contributed by atoms with Gasteiger partial charge in [0.15, 0.2) is 11.0 Å². The van der Waals surface area contributed by atoms with Crippen LogP contribution in [0.3, 0.4) is 0 Å². The fraction of sp³-hybridized carbons (Fsp3) is 0.632. The van der Waals surface area contributed by atoms with Crippen molar-refractivity contribution in [3.8, 4) is 0 Å². The zero-order chi connectivity index (χ0) is 17.3. The minimum absolute atomic E-state index is 0.0317. The van der Waals surface area contributed by atoms with Gasteiger partial charge in [-0.25, -0.2) is 4.39 Å². The van der Waals surface area contributed by atoms with Crippen molar-refractivity contribution in [2.45, 2.75) is 49.7 Å². The molecule has 2 saturated heterocycles. The average Bonchev–Trinajstić information content (AvgIpc) is 3.26. The van der Waals surface area contributed by atoms with E-state index in [0.717, 1.165) is 56.2 Å². The third-order valence-corrected chi connectivity index (χ3v) is 6.84. The number of thioether (sulfide) groups is 1. The first-order chi connectivity index (χ1) is 12.1. The first-order valence-electron chi connectivity index (χ1n) is 9.15. The van der Waals surface area contributed by atoms with Gasteiger partial charge < -0.3 is 14.8 Å². The molecule has 0 aromatic heterocycles. The van der Waals surface area contributed by atoms with E-state index in [1.54, 1.807) is 0 Å². The Labute approximate surface area is 152 Å². The highest BCUT2D eigenvalue weighted by molar-refractivity contribution is 8.14. The van der Waals surface area contributed by atoms with Crippen LogP contribution in [0.1, 0.15) is 44.2 Å². The summed E-state index contributed by atoms with van der Waals surface area (Å²) in [7, 11) is 0. The van der Waals surface area contributed by atoms with E-state index in [1.807, 2.05) is 23.9 Å². The van der Waals surface area contributed by atoms with E-state index in [-0.39, 0.29) is 17.6 Å². The summed E-state index contributed by atoms with van der Waals surface area (Å²) >= 11 is 1.86. The normalized spacial score (nSPS) is 29.2. The molecule has 2 atom stereocenters. The van der Waals surface area contributed by atoms with E-state index >= 15 is 0 Å². The summed E-state index contributed by atoms with van der Waals surface area (Å²) in [6, 6.07) is 6.64. The number of amidine groups is 1. The Morgan fingerprint density at radius 3 is 2.56 bits per heavy atom. The van der Waals surface area contributed by atoms with E-state index in [2.05, 4.69) is 12.2 Å². The van der Waals surface area contributed by atoms with Gasteiger partial charge in [0.2, 0.25) is 0 Å². The standard InChI is InChI=1S/C19H25FN2O2S/c1-13(14-2-4-16(20)5-3-14)22-18-21-12-17(25-18)15-6-8-19(9-7-15)23-10-11-24-19/h2-5,13,15,17H,6-12H2,1H3,(H,21,22)/t13-,17?/m0/s1. The van der Waals surface area contributed by atoms with Crippen molar-refractivity contribution in [3.63, 3.8) is 0 Å². The first kappa shape index (κ1) is 17.3. The molecule has 136 valence electrons. The Hall–Kier alpha value is -1.11. The molecule has 1 unspecified atom stereocenters. The minimum Gasteiger partial charge on any atom is -0.364 e. The summed E-state index contributed by atoms with van der Waals surface area (Å²) in [4.78, 5) is 4.79. The monoisotopic (exact) mass is 364 g/mol. The van der Waals surface area contributed by atoms with Crippen molar-refractivity contribution >= 4 is 16.9 Å². The predicted molar refractivity (Wildman–Crippen MR) is 98.2 cm³/mol. The Kier molecular flexibility index (Phi) is 5.02. The van der Waals surface area contributed by atoms with Crippen LogP contribution >= 0.6 is 11.8 Å². The lowest BCUT2D eigenvalue weighted by Crippen LogP contribution is -2.38. The molecular formula is C19H25FN2O2S. The largest absolute Gasteiger partial charge is 0.364 e. The molecule has 1 aromatic rings. The number of ether oxygens (including phenoxy) is 2. The molecule has 1 saturated carbocycles. The van der Waals surface area contributed by atoms with Crippen LogP contribution < -0.4 is 5.32 Å². The molecule has 4 rings (SSSR count). The number of aliphatic imine (C=N–C) groups is 1. The quantitative estimate of drug-likeness (QED) is 0.884. The Morgan fingerprint density at radius 1 is 1.20 bits per heavy atom. The Morgan fingerprint density at radius 2 is 1.88 bits per heavy atom. The molecule has 0 bridgehead atoms. The molecule has 3 fully saturated rings. The van der Waals surface area contributed by atoms with E-state index in [9.17, 15) is 4.39 Å². The summed E-state index contributed by atoms with van der Waals surface area (Å²) in [6.07, 6.45) is 4.32. The van der Waals surface area contributed by atoms with Crippen molar-refractivity contribution in [2.75, 3.05) is 19.8 Å². The van der Waals surface area contributed by atoms with E-state index in [4.69, 9.17) is 14.5 Å². The van der Waals surface area contributed by atoms with Crippen molar-refractivity contribution in [3.05, 3.63) is 35.6 Å². The number of hydrogen-bond acceptors (Lipinski definition) is 4. The van der Waals surface area contributed by atoms with Crippen LogP contribution in [0, 0.1) is 11.7 Å². The van der Waals surface area contributed by atoms with Crippen LogP contribution in [0.15, 0.2) is 29.3 Å². The summed E-state index contributed by atoms with van der Waals surface area (Å²) in [5.41, 5.74) is 1.04. The zero-order valence-corrected chi connectivity index (χ0v) is 15.4. The maximum atomic E-state index is 13.1. The van der Waals surface area contributed by atoms with Gasteiger partial charge in [-0.2, -0.15) is 0 Å². The summed E-state index contributed by atoms with van der Waals surface area (Å²) < 4.78 is 24.7. The van der Waals surface area contributed by atoms with Gasteiger partial charge in [0.25, 0.3) is 0 Å². The van der Waals surface area contributed by atoms with Gasteiger partial charge in [0, 0.05) is 24.6 Å². The Bertz CT molecular complexity index is 621. The molecule has 4 nitrogen and oxygen atoms in total. The van der Waals surface area contributed by atoms with Crippen LogP contribution in [-0.2, 0) is 9.47 Å². The van der Waals surface area contributed by atoms with Crippen LogP contribution in [0.4, 0.5) is 4.39 Å². The maximum absolute atomic E-state index is 13.1. The molecule has 1 spiro atoms. The van der Waals surface area contributed by atoms with Crippen LogP contribution in [-0.4, -0.2) is 36.0 Å². The molecule has 1 aliphatic carbocycles. The SMILES string of the molecule is C[C@H](N=C1NCC(C2CCC3(CC2)OCCO3)S1)c1ccc(F)cc1. The lowest BCUT2D eigenvalue weighted by Gasteiger charge is -2.36. The smallest absolute Gasteiger partial charge is 0.168 e. The van der Waals surface area contributed by atoms with Crippen molar-refractivity contribution in [1.29, 1.82) is 0 Å². The number of hydrogen-bond donors (Lipinski definition) is 1. The van der Waals surface area contributed by atoms with Gasteiger partial charge in [-0.05, 0) is 43.4 Å². The molecule has 0 radical (unpaired) electrons. The van der Waals surface area contributed by atoms with Gasteiger partial charge in [-0.15, -0.1) is 0 Å². The Balaban J connectivity index is 1.33. The average molecular weight is 364 g/mol. The van der Waals surface area contributed by atoms with E-state index < -0.39 is 0 Å². The molecule has 1 aromatic carbocycles. The van der Waals surface area contributed by atoms with E-state index in [1.165, 1.54) is 12.1 Å². The van der Waals surface area contributed by atoms with Crippen molar-refractivity contribution in [2.24, 2.45) is 10.9 Å². The fourth-order valence-electron chi connectivity index (χ4n) is 3.98. The zero-order valence-electron chi connectivity index (χ0n) is 14.5. The fourth-order valence-corrected chi connectivity index (χ4v) is 5.29. The van der Waals surface area contributed by atoms with Gasteiger partial charge in [-0.1, -0.05) is 23.9 Å². The molecule has 1 N–H and O–H groups in total. The van der Waals surface area contributed by atoms with Gasteiger partial charge in [0.05, 0.1) is 19.3 Å². The van der Waals surface area contributed by atoms with Crippen LogP contribution in [0.2, 0.25) is 0 Å². The summed E-state index contributed by atoms with van der Waals surface area (Å²) in [5.74, 6) is 0.202. The van der Waals surface area contributed by atoms with Crippen LogP contribution in [0.5, 0.6) is 0 Å². The number of nitrogens with one attached hydrogen (secondary N) is 1. The molecule has 3 aliphatic rings. The van der Waals surface area contributed by atoms with E-state index in [0.29, 0.717) is 11.2 Å². The van der Waals surface area contributed by atoms with Gasteiger partial charge >= 0.3 is 0 Å².